The number of nitrogens with one attached hydrogen (secondary N) is 1. The van der Waals surface area contributed by atoms with Crippen LogP contribution in [-0.2, 0) is 10.2 Å². The van der Waals surface area contributed by atoms with Crippen molar-refractivity contribution >= 4 is 5.91 Å². The summed E-state index contributed by atoms with van der Waals surface area (Å²) in [7, 11) is 0. The lowest BCUT2D eigenvalue weighted by Gasteiger charge is -2.23. The third-order valence-electron chi connectivity index (χ3n) is 4.04. The number of ether oxygens (including phenoxy) is 2. The zero-order chi connectivity index (χ0) is 19.0. The topological polar surface area (TPSA) is 47.6 Å². The Kier molecular flexibility index (Phi) is 7.07. The van der Waals surface area contributed by atoms with Gasteiger partial charge in [0, 0.05) is 0 Å². The van der Waals surface area contributed by atoms with Crippen molar-refractivity contribution in [3.63, 3.8) is 0 Å². The molecule has 0 fully saturated rings. The molecule has 0 aliphatic carbocycles. The van der Waals surface area contributed by atoms with E-state index in [-0.39, 0.29) is 11.3 Å². The van der Waals surface area contributed by atoms with Gasteiger partial charge in [-0.15, -0.1) is 0 Å². The van der Waals surface area contributed by atoms with Crippen LogP contribution in [0.4, 0.5) is 0 Å². The van der Waals surface area contributed by atoms with E-state index in [1.807, 2.05) is 55.5 Å². The fourth-order valence-electron chi connectivity index (χ4n) is 2.65. The van der Waals surface area contributed by atoms with Crippen LogP contribution in [0.5, 0.6) is 11.5 Å². The van der Waals surface area contributed by atoms with Crippen molar-refractivity contribution in [2.45, 2.75) is 45.6 Å². The largest absolute Gasteiger partial charge is 0.491 e. The van der Waals surface area contributed by atoms with Gasteiger partial charge < -0.3 is 14.8 Å². The summed E-state index contributed by atoms with van der Waals surface area (Å²) in [5.41, 5.74) is 1.17. The summed E-state index contributed by atoms with van der Waals surface area (Å²) in [5.74, 6) is 1.44. The molecule has 2 rings (SSSR count). The predicted molar refractivity (Wildman–Crippen MR) is 105 cm³/mol. The Morgan fingerprint density at radius 2 is 1.69 bits per heavy atom. The lowest BCUT2D eigenvalue weighted by molar-refractivity contribution is -0.128. The number of amides is 1. The van der Waals surface area contributed by atoms with Crippen LogP contribution in [0.2, 0.25) is 0 Å². The Morgan fingerprint density at radius 1 is 1.04 bits per heavy atom. The molecular weight excluding hydrogens is 326 g/mol. The lowest BCUT2D eigenvalue weighted by atomic mass is 9.86. The second kappa shape index (κ2) is 9.27. The summed E-state index contributed by atoms with van der Waals surface area (Å²) in [6.45, 7) is 9.26. The van der Waals surface area contributed by atoms with Gasteiger partial charge in [0.25, 0.3) is 5.91 Å². The highest BCUT2D eigenvalue weighted by Gasteiger charge is 2.19. The van der Waals surface area contributed by atoms with E-state index in [4.69, 9.17) is 9.47 Å². The van der Waals surface area contributed by atoms with Crippen LogP contribution in [0.3, 0.4) is 0 Å². The normalized spacial score (nSPS) is 12.3. The second-order valence-corrected chi connectivity index (χ2v) is 7.21. The minimum atomic E-state index is -0.501. The van der Waals surface area contributed by atoms with Gasteiger partial charge >= 0.3 is 0 Å². The molecule has 0 aliphatic rings. The molecule has 0 spiro atoms. The third-order valence-corrected chi connectivity index (χ3v) is 4.04. The summed E-state index contributed by atoms with van der Waals surface area (Å²) in [6, 6.07) is 17.4. The number of carbonyl (C=O) groups is 1. The molecule has 4 nitrogen and oxygen atoms in total. The Bertz CT molecular complexity index is 692. The smallest absolute Gasteiger partial charge is 0.261 e. The average molecular weight is 355 g/mol. The fourth-order valence-corrected chi connectivity index (χ4v) is 2.65. The number of hydrogen-bond donors (Lipinski definition) is 1. The number of rotatable bonds is 8. The first-order chi connectivity index (χ1) is 12.4. The molecule has 0 saturated carbocycles. The molecule has 140 valence electrons. The van der Waals surface area contributed by atoms with Gasteiger partial charge in [0.2, 0.25) is 0 Å². The van der Waals surface area contributed by atoms with Crippen LogP contribution >= 0.6 is 0 Å². The summed E-state index contributed by atoms with van der Waals surface area (Å²) >= 11 is 0. The molecular formula is C22H29NO3. The minimum Gasteiger partial charge on any atom is -0.491 e. The highest BCUT2D eigenvalue weighted by atomic mass is 16.5. The summed E-state index contributed by atoms with van der Waals surface area (Å²) in [5, 5.41) is 2.89. The molecule has 2 aromatic rings. The van der Waals surface area contributed by atoms with E-state index < -0.39 is 6.10 Å². The highest BCUT2D eigenvalue weighted by molar-refractivity contribution is 5.81. The quantitative estimate of drug-likeness (QED) is 0.717. The van der Waals surface area contributed by atoms with Gasteiger partial charge in [0.1, 0.15) is 18.1 Å². The van der Waals surface area contributed by atoms with Crippen molar-refractivity contribution in [3.8, 4) is 11.5 Å². The summed E-state index contributed by atoms with van der Waals surface area (Å²) in [4.78, 5) is 12.3. The van der Waals surface area contributed by atoms with E-state index in [0.29, 0.717) is 25.3 Å². The molecule has 2 aromatic carbocycles. The molecule has 0 aliphatic heterocycles. The van der Waals surface area contributed by atoms with Gasteiger partial charge in [-0.2, -0.15) is 0 Å². The van der Waals surface area contributed by atoms with E-state index in [1.54, 1.807) is 0 Å². The van der Waals surface area contributed by atoms with Crippen molar-refractivity contribution in [1.82, 2.24) is 5.32 Å². The zero-order valence-corrected chi connectivity index (χ0v) is 16.1. The van der Waals surface area contributed by atoms with Crippen LogP contribution in [0.1, 0.15) is 39.7 Å². The van der Waals surface area contributed by atoms with Crippen LogP contribution in [0.25, 0.3) is 0 Å². The van der Waals surface area contributed by atoms with E-state index in [9.17, 15) is 4.79 Å². The van der Waals surface area contributed by atoms with Crippen LogP contribution in [0, 0.1) is 0 Å². The average Bonchev–Trinajstić information content (AvgIpc) is 2.63. The Balaban J connectivity index is 1.83. The molecule has 0 saturated heterocycles. The standard InChI is InChI=1S/C22H29NO3/c1-5-19(26-17-11-7-6-8-12-17)21(24)23-15-16-25-20-14-10-9-13-18(20)22(2,3)4/h6-14,19H,5,15-16H2,1-4H3,(H,23,24). The maximum absolute atomic E-state index is 12.3. The number of benzene rings is 2. The van der Waals surface area contributed by atoms with Gasteiger partial charge in [0.15, 0.2) is 6.10 Å². The maximum atomic E-state index is 12.3. The second-order valence-electron chi connectivity index (χ2n) is 7.21. The number of hydrogen-bond acceptors (Lipinski definition) is 3. The van der Waals surface area contributed by atoms with Gasteiger partial charge in [-0.3, -0.25) is 4.79 Å². The molecule has 1 N–H and O–H groups in total. The minimum absolute atomic E-state index is 0.0106. The number of para-hydroxylation sites is 2. The fraction of sp³-hybridized carbons (Fsp3) is 0.409. The predicted octanol–water partition coefficient (Wildman–Crippen LogP) is 4.34. The molecule has 1 atom stereocenters. The van der Waals surface area contributed by atoms with Gasteiger partial charge in [0.05, 0.1) is 6.54 Å². The molecule has 1 amide bonds. The Labute approximate surface area is 156 Å². The molecule has 1 unspecified atom stereocenters. The molecule has 0 bridgehead atoms. The maximum Gasteiger partial charge on any atom is 0.261 e. The van der Waals surface area contributed by atoms with Gasteiger partial charge in [-0.25, -0.2) is 0 Å². The van der Waals surface area contributed by atoms with E-state index in [0.717, 1.165) is 11.3 Å². The van der Waals surface area contributed by atoms with E-state index >= 15 is 0 Å². The summed E-state index contributed by atoms with van der Waals surface area (Å²) in [6.07, 6.45) is 0.105. The van der Waals surface area contributed by atoms with Crippen LogP contribution in [-0.4, -0.2) is 25.2 Å². The van der Waals surface area contributed by atoms with Crippen molar-refractivity contribution in [2.24, 2.45) is 0 Å². The molecule has 26 heavy (non-hydrogen) atoms. The lowest BCUT2D eigenvalue weighted by Crippen LogP contribution is -2.39. The molecule has 4 heteroatoms. The third kappa shape index (κ3) is 5.80. The monoisotopic (exact) mass is 355 g/mol. The van der Waals surface area contributed by atoms with E-state index in [2.05, 4.69) is 32.2 Å². The number of carbonyl (C=O) groups excluding carboxylic acids is 1. The SMILES string of the molecule is CCC(Oc1ccccc1)C(=O)NCCOc1ccccc1C(C)(C)C. The van der Waals surface area contributed by atoms with E-state index in [1.165, 1.54) is 0 Å². The first-order valence-corrected chi connectivity index (χ1v) is 9.13. The van der Waals surface area contributed by atoms with Crippen molar-refractivity contribution < 1.29 is 14.3 Å². The first kappa shape index (κ1) is 19.8. The van der Waals surface area contributed by atoms with Crippen molar-refractivity contribution in [1.29, 1.82) is 0 Å². The van der Waals surface area contributed by atoms with Gasteiger partial charge in [-0.05, 0) is 35.6 Å². The Morgan fingerprint density at radius 3 is 2.35 bits per heavy atom. The molecule has 0 radical (unpaired) electrons. The molecule has 0 aromatic heterocycles. The van der Waals surface area contributed by atoms with Crippen LogP contribution in [0.15, 0.2) is 54.6 Å². The van der Waals surface area contributed by atoms with Crippen LogP contribution < -0.4 is 14.8 Å². The van der Waals surface area contributed by atoms with Crippen molar-refractivity contribution in [2.75, 3.05) is 13.2 Å². The van der Waals surface area contributed by atoms with Gasteiger partial charge in [-0.1, -0.05) is 64.1 Å². The highest BCUT2D eigenvalue weighted by Crippen LogP contribution is 2.30. The first-order valence-electron chi connectivity index (χ1n) is 9.13. The summed E-state index contributed by atoms with van der Waals surface area (Å²) < 4.78 is 11.6. The Hall–Kier alpha value is -2.49. The van der Waals surface area contributed by atoms with Crippen molar-refractivity contribution in [3.05, 3.63) is 60.2 Å². The zero-order valence-electron chi connectivity index (χ0n) is 16.1. The molecule has 0 heterocycles.